The maximum Gasteiger partial charge on any atom is 0.300 e. The molecule has 15 heavy (non-hydrogen) atoms. The van der Waals surface area contributed by atoms with E-state index in [4.69, 9.17) is 17.3 Å². The summed E-state index contributed by atoms with van der Waals surface area (Å²) in [6, 6.07) is 0. The van der Waals surface area contributed by atoms with Crippen LogP contribution in [0.3, 0.4) is 0 Å². The molecule has 0 aromatic carbocycles. The van der Waals surface area contributed by atoms with Crippen LogP contribution in [0.4, 0.5) is 20.2 Å². The zero-order chi connectivity index (χ0) is 11.6. The van der Waals surface area contributed by atoms with Crippen LogP contribution < -0.4 is 5.73 Å². The normalized spacial score (nSPS) is 10.7. The molecule has 0 bridgehead atoms. The Morgan fingerprint density at radius 3 is 2.67 bits per heavy atom. The first-order valence-electron chi connectivity index (χ1n) is 3.74. The van der Waals surface area contributed by atoms with Gasteiger partial charge in [-0.05, 0) is 0 Å². The van der Waals surface area contributed by atoms with Gasteiger partial charge in [-0.1, -0.05) is 0 Å². The van der Waals surface area contributed by atoms with Crippen molar-refractivity contribution in [2.24, 2.45) is 0 Å². The molecule has 0 unspecified atom stereocenters. The van der Waals surface area contributed by atoms with Crippen LogP contribution in [-0.2, 0) is 5.88 Å². The van der Waals surface area contributed by atoms with Crippen molar-refractivity contribution in [2.75, 3.05) is 5.73 Å². The fourth-order valence-corrected chi connectivity index (χ4v) is 1.37. The fourth-order valence-electron chi connectivity index (χ4n) is 1.11. The van der Waals surface area contributed by atoms with E-state index in [0.717, 1.165) is 6.20 Å². The molecular formula is C7H6ClF2N3O2. The number of pyridine rings is 1. The van der Waals surface area contributed by atoms with Crippen LogP contribution in [-0.4, -0.2) is 9.91 Å². The molecule has 1 aromatic heterocycles. The van der Waals surface area contributed by atoms with E-state index in [9.17, 15) is 18.9 Å². The Balaban J connectivity index is 3.47. The summed E-state index contributed by atoms with van der Waals surface area (Å²) in [5, 5.41) is 10.6. The summed E-state index contributed by atoms with van der Waals surface area (Å²) in [4.78, 5) is 13.1. The number of alkyl halides is 3. The number of nitro groups is 1. The fraction of sp³-hybridized carbons (Fsp3) is 0.286. The molecule has 8 heteroatoms. The standard InChI is InChI=1S/C7H6ClF2N3O2/c8-1-3-5(7(9)10)12-2-4(11)6(3)13(14)15/h2,7H,1,11H2. The molecule has 0 aliphatic heterocycles. The van der Waals surface area contributed by atoms with E-state index in [1.165, 1.54) is 0 Å². The van der Waals surface area contributed by atoms with Gasteiger partial charge in [0.1, 0.15) is 11.4 Å². The molecule has 1 rings (SSSR count). The SMILES string of the molecule is Nc1cnc(C(F)F)c(CCl)c1[N+](=O)[O-]. The maximum atomic E-state index is 12.4. The molecule has 82 valence electrons. The van der Waals surface area contributed by atoms with Crippen molar-refractivity contribution in [2.45, 2.75) is 12.3 Å². The average Bonchev–Trinajstić information content (AvgIpc) is 2.15. The summed E-state index contributed by atoms with van der Waals surface area (Å²) in [6.07, 6.45) is -2.09. The highest BCUT2D eigenvalue weighted by Gasteiger charge is 2.26. The zero-order valence-electron chi connectivity index (χ0n) is 7.28. The van der Waals surface area contributed by atoms with Crippen molar-refractivity contribution in [1.29, 1.82) is 0 Å². The first-order valence-corrected chi connectivity index (χ1v) is 4.28. The number of anilines is 1. The van der Waals surface area contributed by atoms with Gasteiger partial charge < -0.3 is 5.73 Å². The third kappa shape index (κ3) is 2.12. The van der Waals surface area contributed by atoms with Crippen LogP contribution in [0.5, 0.6) is 0 Å². The van der Waals surface area contributed by atoms with Crippen LogP contribution in [0.1, 0.15) is 17.7 Å². The number of nitrogens with zero attached hydrogens (tertiary/aromatic N) is 2. The van der Waals surface area contributed by atoms with Crippen LogP contribution in [0.25, 0.3) is 0 Å². The predicted molar refractivity (Wildman–Crippen MR) is 49.8 cm³/mol. The van der Waals surface area contributed by atoms with Crippen molar-refractivity contribution >= 4 is 23.0 Å². The summed E-state index contributed by atoms with van der Waals surface area (Å²) in [5.74, 6) is -0.436. The first kappa shape index (κ1) is 11.6. The van der Waals surface area contributed by atoms with E-state index in [-0.39, 0.29) is 11.3 Å². The van der Waals surface area contributed by atoms with Gasteiger partial charge in [-0.25, -0.2) is 8.78 Å². The highest BCUT2D eigenvalue weighted by molar-refractivity contribution is 6.17. The van der Waals surface area contributed by atoms with Gasteiger partial charge in [0.05, 0.1) is 22.6 Å². The predicted octanol–water partition coefficient (Wildman–Crippen LogP) is 2.25. The second-order valence-electron chi connectivity index (χ2n) is 2.62. The molecule has 0 amide bonds. The molecular weight excluding hydrogens is 232 g/mol. The van der Waals surface area contributed by atoms with Crippen molar-refractivity contribution in [1.82, 2.24) is 4.98 Å². The molecule has 0 spiro atoms. The van der Waals surface area contributed by atoms with E-state index in [0.29, 0.717) is 0 Å². The third-order valence-corrected chi connectivity index (χ3v) is 2.00. The van der Waals surface area contributed by atoms with Crippen molar-refractivity contribution in [3.8, 4) is 0 Å². The minimum absolute atomic E-state index is 0.278. The van der Waals surface area contributed by atoms with E-state index < -0.39 is 28.6 Å². The first-order chi connectivity index (χ1) is 6.99. The van der Waals surface area contributed by atoms with Gasteiger partial charge >= 0.3 is 0 Å². The van der Waals surface area contributed by atoms with Crippen LogP contribution in [0, 0.1) is 10.1 Å². The van der Waals surface area contributed by atoms with E-state index >= 15 is 0 Å². The summed E-state index contributed by atoms with van der Waals surface area (Å²) < 4.78 is 24.8. The van der Waals surface area contributed by atoms with E-state index in [1.54, 1.807) is 0 Å². The number of nitrogens with two attached hydrogens (primary N) is 1. The maximum absolute atomic E-state index is 12.4. The lowest BCUT2D eigenvalue weighted by Crippen LogP contribution is -2.05. The van der Waals surface area contributed by atoms with E-state index in [2.05, 4.69) is 4.98 Å². The molecule has 0 saturated carbocycles. The van der Waals surface area contributed by atoms with Crippen molar-refractivity contribution in [3.05, 3.63) is 27.6 Å². The molecule has 0 saturated heterocycles. The molecule has 1 heterocycles. The van der Waals surface area contributed by atoms with Crippen molar-refractivity contribution < 1.29 is 13.7 Å². The Hall–Kier alpha value is -1.50. The summed E-state index contributed by atoms with van der Waals surface area (Å²) in [7, 11) is 0. The lowest BCUT2D eigenvalue weighted by Gasteiger charge is -2.07. The molecule has 1 aromatic rings. The lowest BCUT2D eigenvalue weighted by molar-refractivity contribution is -0.384. The molecule has 0 atom stereocenters. The second-order valence-corrected chi connectivity index (χ2v) is 2.88. The number of aromatic nitrogens is 1. The molecule has 5 nitrogen and oxygen atoms in total. The minimum atomic E-state index is -2.92. The summed E-state index contributed by atoms with van der Waals surface area (Å²) >= 11 is 5.36. The van der Waals surface area contributed by atoms with Crippen LogP contribution in [0.15, 0.2) is 6.20 Å². The van der Waals surface area contributed by atoms with Gasteiger partial charge in [-0.15, -0.1) is 11.6 Å². The zero-order valence-corrected chi connectivity index (χ0v) is 8.04. The van der Waals surface area contributed by atoms with Gasteiger partial charge in [-0.3, -0.25) is 15.1 Å². The largest absolute Gasteiger partial charge is 0.392 e. The number of hydrogen-bond donors (Lipinski definition) is 1. The Morgan fingerprint density at radius 2 is 2.27 bits per heavy atom. The van der Waals surface area contributed by atoms with Gasteiger partial charge in [0.25, 0.3) is 12.1 Å². The van der Waals surface area contributed by atoms with Crippen LogP contribution >= 0.6 is 11.6 Å². The number of nitrogen functional groups attached to an aromatic ring is 1. The Kier molecular flexibility index (Phi) is 3.35. The Morgan fingerprint density at radius 1 is 1.67 bits per heavy atom. The van der Waals surface area contributed by atoms with E-state index in [1.807, 2.05) is 0 Å². The molecule has 0 aliphatic carbocycles. The van der Waals surface area contributed by atoms with Crippen LogP contribution in [0.2, 0.25) is 0 Å². The Labute approximate surface area is 88.0 Å². The lowest BCUT2D eigenvalue weighted by atomic mass is 10.1. The second kappa shape index (κ2) is 4.35. The summed E-state index contributed by atoms with van der Waals surface area (Å²) in [5.41, 5.74) is 3.34. The molecule has 0 fully saturated rings. The van der Waals surface area contributed by atoms with Gasteiger partial charge in [0.2, 0.25) is 0 Å². The Bertz CT molecular complexity index is 400. The third-order valence-electron chi connectivity index (χ3n) is 1.73. The average molecular weight is 238 g/mol. The van der Waals surface area contributed by atoms with Gasteiger partial charge in [-0.2, -0.15) is 0 Å². The molecule has 0 aliphatic rings. The molecule has 2 N–H and O–H groups in total. The summed E-state index contributed by atoms with van der Waals surface area (Å²) in [6.45, 7) is 0. The number of rotatable bonds is 3. The van der Waals surface area contributed by atoms with Gasteiger partial charge in [0, 0.05) is 0 Å². The number of halogens is 3. The minimum Gasteiger partial charge on any atom is -0.392 e. The quantitative estimate of drug-likeness (QED) is 0.497. The number of hydrogen-bond acceptors (Lipinski definition) is 4. The highest BCUT2D eigenvalue weighted by atomic mass is 35.5. The van der Waals surface area contributed by atoms with Gasteiger partial charge in [0.15, 0.2) is 0 Å². The topological polar surface area (TPSA) is 82.0 Å². The molecule has 0 radical (unpaired) electrons. The highest BCUT2D eigenvalue weighted by Crippen LogP contribution is 2.33. The van der Waals surface area contributed by atoms with Crippen molar-refractivity contribution in [3.63, 3.8) is 0 Å². The smallest absolute Gasteiger partial charge is 0.300 e. The monoisotopic (exact) mass is 237 g/mol.